The molecule has 2 aromatic rings. The first-order valence-electron chi connectivity index (χ1n) is 11.3. The van der Waals surface area contributed by atoms with E-state index in [0.717, 1.165) is 16.5 Å². The normalized spacial score (nSPS) is 15.5. The number of hydrogen-bond acceptors (Lipinski definition) is 7. The van der Waals surface area contributed by atoms with Crippen molar-refractivity contribution < 1.29 is 29.4 Å². The molecule has 11 nitrogen and oxygen atoms in total. The highest BCUT2D eigenvalue weighted by Gasteiger charge is 2.32. The van der Waals surface area contributed by atoms with Crippen LogP contribution in [0.15, 0.2) is 30.5 Å². The maximum atomic E-state index is 12.9. The highest BCUT2D eigenvalue weighted by Crippen LogP contribution is 2.19. The second-order valence-electron chi connectivity index (χ2n) is 8.37. The first-order valence-corrected chi connectivity index (χ1v) is 11.9. The smallest absolute Gasteiger partial charge is 0.326 e. The molecule has 0 bridgehead atoms. The average molecular weight is 508 g/mol. The van der Waals surface area contributed by atoms with Crippen LogP contribution in [-0.2, 0) is 25.6 Å². The lowest BCUT2D eigenvalue weighted by atomic mass is 9.97. The molecule has 1 aromatic heterocycles. The number of para-hydroxylation sites is 1. The van der Waals surface area contributed by atoms with E-state index in [-0.39, 0.29) is 18.1 Å². The molecular formula is C23H33N5O6S. The van der Waals surface area contributed by atoms with Crippen LogP contribution >= 0.6 is 12.6 Å². The highest BCUT2D eigenvalue weighted by molar-refractivity contribution is 7.80. The van der Waals surface area contributed by atoms with E-state index in [1.165, 1.54) is 0 Å². The van der Waals surface area contributed by atoms with Crippen LogP contribution < -0.4 is 21.7 Å². The summed E-state index contributed by atoms with van der Waals surface area (Å²) < 4.78 is 0. The zero-order valence-corrected chi connectivity index (χ0v) is 20.5. The van der Waals surface area contributed by atoms with Gasteiger partial charge in [-0.15, -0.1) is 0 Å². The number of aliphatic hydroxyl groups excluding tert-OH is 1. The van der Waals surface area contributed by atoms with Gasteiger partial charge in [0.1, 0.15) is 24.2 Å². The Labute approximate surface area is 208 Å². The molecule has 2 rings (SSSR count). The summed E-state index contributed by atoms with van der Waals surface area (Å²) in [4.78, 5) is 52.9. The van der Waals surface area contributed by atoms with E-state index < -0.39 is 54.5 Å². The van der Waals surface area contributed by atoms with Gasteiger partial charge in [0.2, 0.25) is 17.7 Å². The zero-order valence-electron chi connectivity index (χ0n) is 19.7. The zero-order chi connectivity index (χ0) is 26.1. The molecule has 5 atom stereocenters. The fourth-order valence-electron chi connectivity index (χ4n) is 3.49. The van der Waals surface area contributed by atoms with Gasteiger partial charge in [-0.05, 0) is 17.5 Å². The van der Waals surface area contributed by atoms with Gasteiger partial charge in [0.25, 0.3) is 0 Å². The van der Waals surface area contributed by atoms with E-state index in [4.69, 9.17) is 10.8 Å². The molecule has 0 radical (unpaired) electrons. The van der Waals surface area contributed by atoms with Crippen LogP contribution in [-0.4, -0.2) is 75.4 Å². The molecule has 0 aliphatic heterocycles. The summed E-state index contributed by atoms with van der Waals surface area (Å²) in [6.45, 7) is 2.98. The Bertz CT molecular complexity index is 1040. The summed E-state index contributed by atoms with van der Waals surface area (Å²) in [6, 6.07) is 2.80. The topological polar surface area (TPSA) is 187 Å². The van der Waals surface area contributed by atoms with E-state index in [2.05, 4.69) is 33.6 Å². The van der Waals surface area contributed by atoms with Gasteiger partial charge >= 0.3 is 5.97 Å². The molecule has 1 aromatic carbocycles. The van der Waals surface area contributed by atoms with Crippen LogP contribution in [0.2, 0.25) is 0 Å². The quantitative estimate of drug-likeness (QED) is 0.169. The lowest BCUT2D eigenvalue weighted by Crippen LogP contribution is -2.59. The highest BCUT2D eigenvalue weighted by atomic mass is 32.1. The summed E-state index contributed by atoms with van der Waals surface area (Å²) in [6.07, 6.45) is 2.26. The van der Waals surface area contributed by atoms with Crippen molar-refractivity contribution in [2.75, 3.05) is 12.4 Å². The van der Waals surface area contributed by atoms with Crippen molar-refractivity contribution in [1.82, 2.24) is 20.9 Å². The van der Waals surface area contributed by atoms with Crippen LogP contribution in [0.3, 0.4) is 0 Å². The van der Waals surface area contributed by atoms with Crippen molar-refractivity contribution in [1.29, 1.82) is 0 Å². The van der Waals surface area contributed by atoms with E-state index in [9.17, 15) is 24.3 Å². The summed E-state index contributed by atoms with van der Waals surface area (Å²) >= 11 is 4.13. The van der Waals surface area contributed by atoms with Gasteiger partial charge in [-0.1, -0.05) is 38.5 Å². The van der Waals surface area contributed by atoms with Crippen LogP contribution in [0.1, 0.15) is 25.8 Å². The van der Waals surface area contributed by atoms with Gasteiger partial charge in [-0.3, -0.25) is 14.4 Å². The van der Waals surface area contributed by atoms with Crippen LogP contribution in [0.5, 0.6) is 0 Å². The van der Waals surface area contributed by atoms with Crippen molar-refractivity contribution in [3.8, 4) is 0 Å². The van der Waals surface area contributed by atoms with Gasteiger partial charge < -0.3 is 36.9 Å². The van der Waals surface area contributed by atoms with E-state index in [1.54, 1.807) is 13.1 Å². The predicted octanol–water partition coefficient (Wildman–Crippen LogP) is -0.455. The van der Waals surface area contributed by atoms with E-state index in [1.807, 2.05) is 31.2 Å². The lowest BCUT2D eigenvalue weighted by molar-refractivity contribution is -0.142. The number of thiol groups is 1. The standard InChI is InChI=1S/C23H33N5O6S/c1-3-12(2)19(28-20(30)15(24)10-29)22(32)27-18(11-35)21(31)26-17(23(33)34)8-13-9-25-16-7-5-4-6-14(13)16/h4-7,9,12,15,17-19,25,29,35H,3,8,10-11,24H2,1-2H3,(H,26,31)(H,27,32)(H,28,30)(H,33,34). The monoisotopic (exact) mass is 507 g/mol. The Hall–Kier alpha value is -3.09. The molecule has 3 amide bonds. The Balaban J connectivity index is 2.11. The number of carboxylic acid groups (broad SMARTS) is 1. The number of benzene rings is 1. The number of nitrogens with one attached hydrogen (secondary N) is 4. The third kappa shape index (κ3) is 7.44. The number of amides is 3. The first kappa shape index (κ1) is 28.1. The molecular weight excluding hydrogens is 474 g/mol. The number of fused-ring (bicyclic) bond motifs is 1. The molecule has 0 aliphatic carbocycles. The van der Waals surface area contributed by atoms with Crippen molar-refractivity contribution >= 4 is 47.2 Å². The molecule has 35 heavy (non-hydrogen) atoms. The van der Waals surface area contributed by atoms with Gasteiger partial charge in [0.05, 0.1) is 6.61 Å². The molecule has 192 valence electrons. The Kier molecular flexibility index (Phi) is 10.6. The van der Waals surface area contributed by atoms with E-state index in [0.29, 0.717) is 6.42 Å². The minimum atomic E-state index is -1.24. The van der Waals surface area contributed by atoms with Crippen molar-refractivity contribution in [3.05, 3.63) is 36.0 Å². The summed E-state index contributed by atoms with van der Waals surface area (Å²) in [5, 5.41) is 27.1. The summed E-state index contributed by atoms with van der Waals surface area (Å²) in [5.74, 6) is -3.70. The molecule has 0 saturated heterocycles. The van der Waals surface area contributed by atoms with Gasteiger partial charge in [-0.25, -0.2) is 4.79 Å². The number of carboxylic acids is 1. The van der Waals surface area contributed by atoms with Gasteiger partial charge in [0.15, 0.2) is 0 Å². The summed E-state index contributed by atoms with van der Waals surface area (Å²) in [5.41, 5.74) is 7.09. The molecule has 1 heterocycles. The SMILES string of the molecule is CCC(C)C(NC(=O)C(N)CO)C(=O)NC(CS)C(=O)NC(Cc1c[nH]c2ccccc12)C(=O)O. The molecule has 0 saturated carbocycles. The minimum absolute atomic E-state index is 0.0307. The second kappa shape index (κ2) is 13.1. The van der Waals surface area contributed by atoms with Crippen LogP contribution in [0.4, 0.5) is 0 Å². The molecule has 0 spiro atoms. The summed E-state index contributed by atoms with van der Waals surface area (Å²) in [7, 11) is 0. The number of aliphatic carboxylic acids is 1. The molecule has 8 N–H and O–H groups in total. The number of carbonyl (C=O) groups is 4. The van der Waals surface area contributed by atoms with Gasteiger partial charge in [0, 0.05) is 29.3 Å². The average Bonchev–Trinajstić information content (AvgIpc) is 3.26. The third-order valence-corrected chi connectivity index (χ3v) is 6.22. The number of hydrogen-bond donors (Lipinski definition) is 8. The Morgan fingerprint density at radius 1 is 1.06 bits per heavy atom. The maximum absolute atomic E-state index is 12.9. The fraction of sp³-hybridized carbons (Fsp3) is 0.478. The number of aromatic amines is 1. The first-order chi connectivity index (χ1) is 16.6. The van der Waals surface area contributed by atoms with Crippen molar-refractivity contribution in [2.45, 2.75) is 50.9 Å². The van der Waals surface area contributed by atoms with Crippen molar-refractivity contribution in [2.24, 2.45) is 11.7 Å². The number of rotatable bonds is 13. The number of nitrogens with two attached hydrogens (primary N) is 1. The van der Waals surface area contributed by atoms with Gasteiger partial charge in [-0.2, -0.15) is 12.6 Å². The molecule has 5 unspecified atom stereocenters. The molecule has 0 fully saturated rings. The largest absolute Gasteiger partial charge is 0.480 e. The molecule has 0 aliphatic rings. The molecule has 12 heteroatoms. The Morgan fingerprint density at radius 3 is 2.31 bits per heavy atom. The number of carbonyl (C=O) groups excluding carboxylic acids is 3. The number of aromatic nitrogens is 1. The van der Waals surface area contributed by atoms with Crippen molar-refractivity contribution in [3.63, 3.8) is 0 Å². The Morgan fingerprint density at radius 2 is 1.71 bits per heavy atom. The minimum Gasteiger partial charge on any atom is -0.480 e. The number of aliphatic hydroxyl groups is 1. The van der Waals surface area contributed by atoms with Crippen LogP contribution in [0, 0.1) is 5.92 Å². The van der Waals surface area contributed by atoms with E-state index >= 15 is 0 Å². The third-order valence-electron chi connectivity index (χ3n) is 5.86. The predicted molar refractivity (Wildman–Crippen MR) is 134 cm³/mol. The number of H-pyrrole nitrogens is 1. The lowest BCUT2D eigenvalue weighted by Gasteiger charge is -2.27. The second-order valence-corrected chi connectivity index (χ2v) is 8.73. The van der Waals surface area contributed by atoms with Crippen LogP contribution in [0.25, 0.3) is 10.9 Å². The maximum Gasteiger partial charge on any atom is 0.326 e. The fourth-order valence-corrected chi connectivity index (χ4v) is 3.75.